The molecule has 1 saturated heterocycles. The highest BCUT2D eigenvalue weighted by Gasteiger charge is 2.58. The van der Waals surface area contributed by atoms with Gasteiger partial charge in [0, 0.05) is 17.8 Å². The summed E-state index contributed by atoms with van der Waals surface area (Å²) in [4.78, 5) is 11.3. The fourth-order valence-corrected chi connectivity index (χ4v) is 5.56. The summed E-state index contributed by atoms with van der Waals surface area (Å²) in [6, 6.07) is 12.4. The summed E-state index contributed by atoms with van der Waals surface area (Å²) in [5, 5.41) is 10.5. The molecule has 0 unspecified atom stereocenters. The predicted molar refractivity (Wildman–Crippen MR) is 136 cm³/mol. The van der Waals surface area contributed by atoms with Crippen LogP contribution in [0.5, 0.6) is 5.75 Å². The summed E-state index contributed by atoms with van der Waals surface area (Å²) in [6.07, 6.45) is 10.7. The normalized spacial score (nSPS) is 25.7. The standard InChI is InChI=1S/C30H34F2O5/c1-35-29(34)7-5-3-2-4-6-27-26(17-14-24(33)19-36-25-15-12-23(32)13-16-25)28-18-30(27,20-37-28)21-8-10-22(31)11-9-21/h2,4,8-17,24,26-28,33H,3,5-7,18-20H2,1H3/b4-2-,17-14+/t24-,26+,27+,28+,30+/m0/s1. The second kappa shape index (κ2) is 12.5. The number of hydrogen-bond acceptors (Lipinski definition) is 5. The molecular weight excluding hydrogens is 478 g/mol. The minimum atomic E-state index is -0.833. The first-order valence-electron chi connectivity index (χ1n) is 12.8. The highest BCUT2D eigenvalue weighted by molar-refractivity contribution is 5.69. The van der Waals surface area contributed by atoms with Crippen LogP contribution >= 0.6 is 0 Å². The zero-order valence-electron chi connectivity index (χ0n) is 21.0. The molecule has 5 atom stereocenters. The van der Waals surface area contributed by atoms with E-state index in [1.807, 2.05) is 18.2 Å². The van der Waals surface area contributed by atoms with Gasteiger partial charge in [0.05, 0.1) is 19.8 Å². The molecule has 2 fully saturated rings. The molecule has 198 valence electrons. The first-order valence-corrected chi connectivity index (χ1v) is 12.8. The van der Waals surface area contributed by atoms with Crippen LogP contribution in [-0.2, 0) is 19.7 Å². The van der Waals surface area contributed by atoms with Crippen LogP contribution in [0.4, 0.5) is 8.78 Å². The fourth-order valence-electron chi connectivity index (χ4n) is 5.56. The van der Waals surface area contributed by atoms with Gasteiger partial charge >= 0.3 is 5.97 Å². The van der Waals surface area contributed by atoms with E-state index in [1.54, 1.807) is 6.08 Å². The van der Waals surface area contributed by atoms with Crippen LogP contribution in [0.3, 0.4) is 0 Å². The van der Waals surface area contributed by atoms with Crippen LogP contribution in [0.15, 0.2) is 72.8 Å². The average molecular weight is 513 g/mol. The number of unbranched alkanes of at least 4 members (excludes halogenated alkanes) is 1. The van der Waals surface area contributed by atoms with Crippen molar-refractivity contribution >= 4 is 5.97 Å². The highest BCUT2D eigenvalue weighted by atomic mass is 19.1. The Bertz CT molecular complexity index is 1080. The van der Waals surface area contributed by atoms with Gasteiger partial charge in [0.25, 0.3) is 0 Å². The Morgan fingerprint density at radius 2 is 1.84 bits per heavy atom. The molecule has 1 aliphatic heterocycles. The van der Waals surface area contributed by atoms with Gasteiger partial charge in [0.2, 0.25) is 0 Å². The number of hydrogen-bond donors (Lipinski definition) is 1. The Hall–Kier alpha value is -3.03. The van der Waals surface area contributed by atoms with Crippen LogP contribution in [0.2, 0.25) is 0 Å². The lowest BCUT2D eigenvalue weighted by Gasteiger charge is -2.38. The lowest BCUT2D eigenvalue weighted by molar-refractivity contribution is -0.140. The number of halogens is 2. The van der Waals surface area contributed by atoms with Crippen LogP contribution in [0, 0.1) is 23.5 Å². The first kappa shape index (κ1) is 27.0. The van der Waals surface area contributed by atoms with E-state index in [0.29, 0.717) is 18.8 Å². The van der Waals surface area contributed by atoms with E-state index in [4.69, 9.17) is 14.2 Å². The number of benzene rings is 2. The maximum atomic E-state index is 13.7. The van der Waals surface area contributed by atoms with E-state index >= 15 is 0 Å². The van der Waals surface area contributed by atoms with Gasteiger partial charge in [-0.1, -0.05) is 36.4 Å². The minimum absolute atomic E-state index is 0.00393. The summed E-state index contributed by atoms with van der Waals surface area (Å²) >= 11 is 0. The molecule has 2 aliphatic rings. The first-order chi connectivity index (χ1) is 17.9. The summed E-state index contributed by atoms with van der Waals surface area (Å²) in [5.41, 5.74) is 0.829. The van der Waals surface area contributed by atoms with Crippen molar-refractivity contribution in [2.45, 2.75) is 49.7 Å². The molecule has 2 aromatic rings. The second-order valence-electron chi connectivity index (χ2n) is 9.79. The lowest BCUT2D eigenvalue weighted by atomic mass is 9.69. The number of rotatable bonds is 12. The topological polar surface area (TPSA) is 65.0 Å². The number of allylic oxidation sites excluding steroid dienone is 2. The average Bonchev–Trinajstić information content (AvgIpc) is 3.47. The van der Waals surface area contributed by atoms with Crippen molar-refractivity contribution in [3.63, 3.8) is 0 Å². The summed E-state index contributed by atoms with van der Waals surface area (Å²) in [6.45, 7) is 0.624. The van der Waals surface area contributed by atoms with Crippen molar-refractivity contribution in [1.82, 2.24) is 0 Å². The molecule has 1 saturated carbocycles. The van der Waals surface area contributed by atoms with Gasteiger partial charge in [-0.3, -0.25) is 4.79 Å². The van der Waals surface area contributed by atoms with Crippen LogP contribution < -0.4 is 4.74 Å². The molecule has 1 N–H and O–H groups in total. The number of aliphatic hydroxyl groups excluding tert-OH is 1. The SMILES string of the molecule is COC(=O)CCC/C=C\C[C@@H]1[C@@H](/C=C/[C@H](O)COc2ccc(F)cc2)[C@H]2C[C@]1(c1ccc(F)cc1)CO2. The molecule has 1 heterocycles. The molecule has 2 bridgehead atoms. The largest absolute Gasteiger partial charge is 0.491 e. The molecule has 2 aromatic carbocycles. The maximum Gasteiger partial charge on any atom is 0.305 e. The van der Waals surface area contributed by atoms with Crippen LogP contribution in [-0.4, -0.2) is 43.6 Å². The summed E-state index contributed by atoms with van der Waals surface area (Å²) in [5.74, 6) is -0.0585. The third kappa shape index (κ3) is 6.65. The Labute approximate surface area is 216 Å². The third-order valence-electron chi connectivity index (χ3n) is 7.47. The molecule has 7 heteroatoms. The van der Waals surface area contributed by atoms with Crippen LogP contribution in [0.25, 0.3) is 0 Å². The lowest BCUT2D eigenvalue weighted by Crippen LogP contribution is -2.39. The van der Waals surface area contributed by atoms with Gasteiger partial charge in [0.1, 0.15) is 30.1 Å². The summed E-state index contributed by atoms with van der Waals surface area (Å²) in [7, 11) is 1.39. The van der Waals surface area contributed by atoms with Gasteiger partial charge in [-0.05, 0) is 73.6 Å². The Balaban J connectivity index is 1.44. The van der Waals surface area contributed by atoms with E-state index in [9.17, 15) is 18.7 Å². The van der Waals surface area contributed by atoms with E-state index < -0.39 is 6.10 Å². The smallest absolute Gasteiger partial charge is 0.305 e. The molecule has 4 rings (SSSR count). The molecule has 1 aliphatic carbocycles. The fraction of sp³-hybridized carbons (Fsp3) is 0.433. The molecule has 0 spiro atoms. The van der Waals surface area contributed by atoms with Crippen molar-refractivity contribution in [3.05, 3.63) is 90.0 Å². The van der Waals surface area contributed by atoms with Crippen molar-refractivity contribution in [1.29, 1.82) is 0 Å². The zero-order chi connectivity index (χ0) is 26.3. The number of ether oxygens (including phenoxy) is 3. The molecule has 5 nitrogen and oxygen atoms in total. The molecule has 37 heavy (non-hydrogen) atoms. The van der Waals surface area contributed by atoms with E-state index in [1.165, 1.54) is 43.5 Å². The number of carbonyl (C=O) groups excluding carboxylic acids is 1. The minimum Gasteiger partial charge on any atom is -0.491 e. The van der Waals surface area contributed by atoms with Gasteiger partial charge in [-0.2, -0.15) is 0 Å². The van der Waals surface area contributed by atoms with Crippen molar-refractivity contribution in [2.75, 3.05) is 20.3 Å². The summed E-state index contributed by atoms with van der Waals surface area (Å²) < 4.78 is 43.2. The van der Waals surface area contributed by atoms with Gasteiger partial charge in [0.15, 0.2) is 0 Å². The Morgan fingerprint density at radius 3 is 2.54 bits per heavy atom. The second-order valence-corrected chi connectivity index (χ2v) is 9.79. The van der Waals surface area contributed by atoms with Gasteiger partial charge in [-0.15, -0.1) is 0 Å². The number of esters is 1. The third-order valence-corrected chi connectivity index (χ3v) is 7.47. The van der Waals surface area contributed by atoms with Gasteiger partial charge in [-0.25, -0.2) is 8.78 Å². The van der Waals surface area contributed by atoms with E-state index in [0.717, 1.165) is 31.2 Å². The monoisotopic (exact) mass is 512 g/mol. The number of carbonyl (C=O) groups is 1. The maximum absolute atomic E-state index is 13.7. The highest BCUT2D eigenvalue weighted by Crippen LogP contribution is 2.57. The quantitative estimate of drug-likeness (QED) is 0.230. The molecule has 0 radical (unpaired) electrons. The Morgan fingerprint density at radius 1 is 1.14 bits per heavy atom. The molecular formula is C30H34F2O5. The number of methoxy groups -OCH3 is 1. The number of aliphatic hydroxyl groups is 1. The van der Waals surface area contributed by atoms with E-state index in [2.05, 4.69) is 12.2 Å². The number of fused-ring (bicyclic) bond motifs is 2. The van der Waals surface area contributed by atoms with Crippen molar-refractivity contribution < 1.29 is 32.9 Å². The molecule has 0 aromatic heterocycles. The van der Waals surface area contributed by atoms with Gasteiger partial charge < -0.3 is 19.3 Å². The van der Waals surface area contributed by atoms with Crippen LogP contribution in [0.1, 0.15) is 37.7 Å². The molecule has 0 amide bonds. The van der Waals surface area contributed by atoms with Crippen molar-refractivity contribution in [2.24, 2.45) is 11.8 Å². The van der Waals surface area contributed by atoms with E-state index in [-0.39, 0.29) is 47.6 Å². The Kier molecular flexibility index (Phi) is 9.11. The van der Waals surface area contributed by atoms with Crippen molar-refractivity contribution in [3.8, 4) is 5.75 Å². The zero-order valence-corrected chi connectivity index (χ0v) is 21.0. The predicted octanol–water partition coefficient (Wildman–Crippen LogP) is 5.52.